The molecule has 3 nitrogen and oxygen atoms in total. The van der Waals surface area contributed by atoms with Crippen LogP contribution in [0.2, 0.25) is 0 Å². The number of carbonyl (C=O) groups is 1. The number of carboxylic acid groups (broad SMARTS) is 1. The van der Waals surface area contributed by atoms with Crippen molar-refractivity contribution in [3.8, 4) is 0 Å². The highest BCUT2D eigenvalue weighted by atomic mass is 16.4. The van der Waals surface area contributed by atoms with Crippen LogP contribution in [-0.2, 0) is 4.79 Å². The average molecular weight is 235 g/mol. The van der Waals surface area contributed by atoms with Crippen LogP contribution in [0.1, 0.15) is 37.7 Å². The number of hydrogen-bond acceptors (Lipinski definition) is 2. The zero-order chi connectivity index (χ0) is 12.5. The number of nitrogens with one attached hydrogen (secondary N) is 1. The minimum absolute atomic E-state index is 0.188. The Labute approximate surface area is 103 Å². The van der Waals surface area contributed by atoms with Crippen LogP contribution in [0.5, 0.6) is 0 Å². The highest BCUT2D eigenvalue weighted by molar-refractivity contribution is 5.66. The molecule has 0 aromatic heterocycles. The molecule has 0 bridgehead atoms. The fourth-order valence-electron chi connectivity index (χ4n) is 1.93. The van der Waals surface area contributed by atoms with Gasteiger partial charge >= 0.3 is 5.97 Å². The number of hydrogen-bond donors (Lipinski definition) is 2. The third-order valence-corrected chi connectivity index (χ3v) is 2.81. The number of benzene rings is 1. The van der Waals surface area contributed by atoms with E-state index in [1.165, 1.54) is 5.56 Å². The summed E-state index contributed by atoms with van der Waals surface area (Å²) in [4.78, 5) is 10.4. The van der Waals surface area contributed by atoms with Crippen LogP contribution in [0, 0.1) is 0 Å². The van der Waals surface area contributed by atoms with Crippen molar-refractivity contribution in [2.75, 3.05) is 13.1 Å². The third kappa shape index (κ3) is 5.50. The summed E-state index contributed by atoms with van der Waals surface area (Å²) in [5.74, 6) is -0.265. The molecule has 0 spiro atoms. The first kappa shape index (κ1) is 13.7. The topological polar surface area (TPSA) is 49.3 Å². The van der Waals surface area contributed by atoms with E-state index in [2.05, 4.69) is 36.5 Å². The van der Waals surface area contributed by atoms with Gasteiger partial charge in [0.1, 0.15) is 0 Å². The van der Waals surface area contributed by atoms with Gasteiger partial charge in [-0.1, -0.05) is 43.7 Å². The maximum absolute atomic E-state index is 10.4. The maximum Gasteiger partial charge on any atom is 0.304 e. The lowest BCUT2D eigenvalue weighted by molar-refractivity contribution is -0.136. The van der Waals surface area contributed by atoms with Gasteiger partial charge in [-0.05, 0) is 17.9 Å². The van der Waals surface area contributed by atoms with E-state index >= 15 is 0 Å². The Hall–Kier alpha value is -1.35. The van der Waals surface area contributed by atoms with Gasteiger partial charge in [0.05, 0.1) is 6.42 Å². The lowest BCUT2D eigenvalue weighted by atomic mass is 9.94. The van der Waals surface area contributed by atoms with E-state index in [0.717, 1.165) is 19.4 Å². The molecule has 3 heteroatoms. The molecule has 0 aliphatic heterocycles. The molecule has 1 aromatic carbocycles. The van der Waals surface area contributed by atoms with Crippen LogP contribution in [0.25, 0.3) is 0 Å². The van der Waals surface area contributed by atoms with Gasteiger partial charge < -0.3 is 10.4 Å². The van der Waals surface area contributed by atoms with Gasteiger partial charge in [0.2, 0.25) is 0 Å². The molecule has 0 aliphatic rings. The van der Waals surface area contributed by atoms with Crippen LogP contribution in [-0.4, -0.2) is 24.2 Å². The molecule has 1 rings (SSSR count). The normalized spacial score (nSPS) is 12.3. The van der Waals surface area contributed by atoms with Gasteiger partial charge in [-0.25, -0.2) is 0 Å². The summed E-state index contributed by atoms with van der Waals surface area (Å²) in [6, 6.07) is 10.4. The quantitative estimate of drug-likeness (QED) is 0.681. The van der Waals surface area contributed by atoms with E-state index in [1.54, 1.807) is 0 Å². The lowest BCUT2D eigenvalue weighted by Gasteiger charge is -2.17. The second kappa shape index (κ2) is 7.85. The summed E-state index contributed by atoms with van der Waals surface area (Å²) in [6.07, 6.45) is 2.46. The summed E-state index contributed by atoms with van der Waals surface area (Å²) in [7, 11) is 0. The molecule has 0 saturated heterocycles. The van der Waals surface area contributed by atoms with Gasteiger partial charge in [0.25, 0.3) is 0 Å². The molecule has 0 saturated carbocycles. The predicted octanol–water partition coefficient (Wildman–Crippen LogP) is 2.63. The largest absolute Gasteiger partial charge is 0.481 e. The minimum atomic E-state index is -0.746. The molecule has 1 unspecified atom stereocenters. The van der Waals surface area contributed by atoms with E-state index < -0.39 is 5.97 Å². The Bertz CT molecular complexity index is 324. The molecule has 0 amide bonds. The maximum atomic E-state index is 10.4. The summed E-state index contributed by atoms with van der Waals surface area (Å²) in [5.41, 5.74) is 1.33. The Morgan fingerprint density at radius 1 is 1.35 bits per heavy atom. The van der Waals surface area contributed by atoms with E-state index in [9.17, 15) is 4.79 Å². The minimum Gasteiger partial charge on any atom is -0.481 e. The van der Waals surface area contributed by atoms with Gasteiger partial charge in [-0.2, -0.15) is 0 Å². The molecular formula is C14H21NO2. The zero-order valence-electron chi connectivity index (χ0n) is 10.4. The van der Waals surface area contributed by atoms with Gasteiger partial charge in [0, 0.05) is 13.1 Å². The summed E-state index contributed by atoms with van der Waals surface area (Å²) >= 11 is 0. The molecule has 0 heterocycles. The van der Waals surface area contributed by atoms with Crippen molar-refractivity contribution in [1.29, 1.82) is 0 Å². The Morgan fingerprint density at radius 2 is 2.06 bits per heavy atom. The lowest BCUT2D eigenvalue weighted by Crippen LogP contribution is -2.24. The van der Waals surface area contributed by atoms with Crippen molar-refractivity contribution >= 4 is 5.97 Å². The second-order valence-electron chi connectivity index (χ2n) is 4.24. The molecule has 1 aromatic rings. The predicted molar refractivity (Wildman–Crippen MR) is 69.2 cm³/mol. The van der Waals surface area contributed by atoms with Gasteiger partial charge in [-0.15, -0.1) is 0 Å². The highest BCUT2D eigenvalue weighted by Crippen LogP contribution is 2.19. The molecule has 94 valence electrons. The number of carboxylic acids is 1. The molecule has 0 radical (unpaired) electrons. The van der Waals surface area contributed by atoms with Crippen molar-refractivity contribution in [1.82, 2.24) is 5.32 Å². The van der Waals surface area contributed by atoms with Crippen molar-refractivity contribution in [3.05, 3.63) is 35.9 Å². The fraction of sp³-hybridized carbons (Fsp3) is 0.500. The van der Waals surface area contributed by atoms with Crippen LogP contribution in [0.3, 0.4) is 0 Å². The van der Waals surface area contributed by atoms with Crippen molar-refractivity contribution in [3.63, 3.8) is 0 Å². The van der Waals surface area contributed by atoms with E-state index in [4.69, 9.17) is 5.11 Å². The molecule has 17 heavy (non-hydrogen) atoms. The smallest absolute Gasteiger partial charge is 0.304 e. The first-order valence-electron chi connectivity index (χ1n) is 6.21. The first-order valence-corrected chi connectivity index (χ1v) is 6.21. The third-order valence-electron chi connectivity index (χ3n) is 2.81. The Balaban J connectivity index is 2.41. The van der Waals surface area contributed by atoms with E-state index in [0.29, 0.717) is 12.5 Å². The van der Waals surface area contributed by atoms with Crippen molar-refractivity contribution in [2.24, 2.45) is 0 Å². The highest BCUT2D eigenvalue weighted by Gasteiger charge is 2.09. The van der Waals surface area contributed by atoms with Gasteiger partial charge in [0.15, 0.2) is 0 Å². The van der Waals surface area contributed by atoms with Gasteiger partial charge in [-0.3, -0.25) is 4.79 Å². The molecule has 0 fully saturated rings. The molecule has 1 atom stereocenters. The van der Waals surface area contributed by atoms with E-state index in [1.807, 2.05) is 6.07 Å². The van der Waals surface area contributed by atoms with Crippen molar-refractivity contribution < 1.29 is 9.90 Å². The molecule has 0 aliphatic carbocycles. The van der Waals surface area contributed by atoms with Crippen molar-refractivity contribution in [2.45, 2.75) is 32.1 Å². The zero-order valence-corrected chi connectivity index (χ0v) is 10.4. The monoisotopic (exact) mass is 235 g/mol. The first-order chi connectivity index (χ1) is 8.24. The van der Waals surface area contributed by atoms with Crippen LogP contribution in [0.4, 0.5) is 0 Å². The summed E-state index contributed by atoms with van der Waals surface area (Å²) < 4.78 is 0. The standard InChI is InChI=1S/C14H21NO2/c1-2-6-13(11-15-10-9-14(16)17)12-7-4-3-5-8-12/h3-5,7-8,13,15H,2,6,9-11H2,1H3,(H,16,17). The number of rotatable bonds is 8. The second-order valence-corrected chi connectivity index (χ2v) is 4.24. The molecule has 2 N–H and O–H groups in total. The van der Waals surface area contributed by atoms with Crippen LogP contribution >= 0.6 is 0 Å². The average Bonchev–Trinajstić information content (AvgIpc) is 2.34. The van der Waals surface area contributed by atoms with Crippen LogP contribution < -0.4 is 5.32 Å². The number of aliphatic carboxylic acids is 1. The summed E-state index contributed by atoms with van der Waals surface area (Å²) in [6.45, 7) is 3.57. The fourth-order valence-corrected chi connectivity index (χ4v) is 1.93. The summed E-state index contributed by atoms with van der Waals surface area (Å²) in [5, 5.41) is 11.8. The molecular weight excluding hydrogens is 214 g/mol. The SMILES string of the molecule is CCCC(CNCCC(=O)O)c1ccccc1. The Kier molecular flexibility index (Phi) is 6.33. The van der Waals surface area contributed by atoms with Crippen LogP contribution in [0.15, 0.2) is 30.3 Å². The Morgan fingerprint density at radius 3 is 2.65 bits per heavy atom. The van der Waals surface area contributed by atoms with E-state index in [-0.39, 0.29) is 6.42 Å².